The van der Waals surface area contributed by atoms with E-state index in [9.17, 15) is 4.79 Å². The number of hydrogen-bond donors (Lipinski definition) is 6. The van der Waals surface area contributed by atoms with Crippen molar-refractivity contribution >= 4 is 41.5 Å². The number of anilines is 3. The first-order chi connectivity index (χ1) is 15.3. The van der Waals surface area contributed by atoms with E-state index in [1.54, 1.807) is 9.99 Å². The molecule has 1 heterocycles. The van der Waals surface area contributed by atoms with Crippen molar-refractivity contribution < 1.29 is 14.8 Å². The fourth-order valence-corrected chi connectivity index (χ4v) is 3.97. The SMILES string of the molecule is Cc1cc(C)c([NH2+]/N=C\C=N)cc1Nc1c(C(N)=O)cnc(N[C@@H]2CCCC[C@@H]2N)[n+]1C. The molecule has 0 unspecified atom stereocenters. The van der Waals surface area contributed by atoms with Crippen LogP contribution in [0, 0.1) is 19.3 Å². The summed E-state index contributed by atoms with van der Waals surface area (Å²) in [7, 11) is 1.84. The van der Waals surface area contributed by atoms with Crippen LogP contribution in [0.3, 0.4) is 0 Å². The molecule has 1 amide bonds. The Kier molecular flexibility index (Phi) is 7.49. The summed E-state index contributed by atoms with van der Waals surface area (Å²) >= 11 is 0. The number of nitrogens with zero attached hydrogens (tertiary/aromatic N) is 3. The molecule has 170 valence electrons. The van der Waals surface area contributed by atoms with Gasteiger partial charge in [0, 0.05) is 23.9 Å². The van der Waals surface area contributed by atoms with Crippen LogP contribution in [0.15, 0.2) is 23.4 Å². The highest BCUT2D eigenvalue weighted by atomic mass is 16.1. The molecule has 1 aromatic heterocycles. The quantitative estimate of drug-likeness (QED) is 0.118. The summed E-state index contributed by atoms with van der Waals surface area (Å²) in [5.74, 6) is 0.593. The van der Waals surface area contributed by atoms with E-state index in [1.165, 1.54) is 12.4 Å². The maximum absolute atomic E-state index is 12.1. The van der Waals surface area contributed by atoms with Crippen LogP contribution < -0.4 is 32.1 Å². The summed E-state index contributed by atoms with van der Waals surface area (Å²) in [6.45, 7) is 3.99. The zero-order chi connectivity index (χ0) is 23.3. The standard InChI is InChI=1S/C22H31N9O/c1-13-10-14(2)19(30-27-9-8-23)11-18(13)28-21-15(20(25)32)12-26-22(31(21)3)29-17-7-5-4-6-16(17)24/h8-12,16-17H,4-7,24H2,1-3H3,(H5,23,25,26,28,29,30,32)/p+2/t16-,17+/m0/s1. The molecule has 2 atom stereocenters. The fraction of sp³-hybridized carbons (Fsp3) is 0.409. The second-order valence-corrected chi connectivity index (χ2v) is 8.21. The molecule has 1 aliphatic rings. The molecule has 32 heavy (non-hydrogen) atoms. The third-order valence-electron chi connectivity index (χ3n) is 5.86. The van der Waals surface area contributed by atoms with Crippen molar-refractivity contribution in [3.8, 4) is 0 Å². The van der Waals surface area contributed by atoms with Gasteiger partial charge < -0.3 is 16.9 Å². The number of nitrogens with two attached hydrogens (primary N) is 3. The molecule has 0 saturated heterocycles. The van der Waals surface area contributed by atoms with Gasteiger partial charge >= 0.3 is 5.95 Å². The Morgan fingerprint density at radius 3 is 2.75 bits per heavy atom. The summed E-state index contributed by atoms with van der Waals surface area (Å²) in [5, 5.41) is 18.0. The minimum absolute atomic E-state index is 0.0664. The molecule has 3 rings (SSSR count). The second-order valence-electron chi connectivity index (χ2n) is 8.21. The maximum atomic E-state index is 12.1. The molecule has 1 fully saturated rings. The second kappa shape index (κ2) is 10.3. The summed E-state index contributed by atoms with van der Waals surface area (Å²) < 4.78 is 1.80. The molecule has 1 aromatic carbocycles. The highest BCUT2D eigenvalue weighted by molar-refractivity contribution is 6.14. The van der Waals surface area contributed by atoms with Crippen molar-refractivity contribution in [1.82, 2.24) is 4.98 Å². The van der Waals surface area contributed by atoms with Gasteiger partial charge in [0.05, 0.1) is 18.8 Å². The van der Waals surface area contributed by atoms with Crippen LogP contribution in [-0.4, -0.2) is 35.4 Å². The van der Waals surface area contributed by atoms with Gasteiger partial charge in [-0.3, -0.25) is 15.4 Å². The topological polar surface area (TPSA) is 163 Å². The van der Waals surface area contributed by atoms with Gasteiger partial charge in [0.2, 0.25) is 5.82 Å². The summed E-state index contributed by atoms with van der Waals surface area (Å²) in [6, 6.07) is 4.20. The highest BCUT2D eigenvalue weighted by Crippen LogP contribution is 2.26. The van der Waals surface area contributed by atoms with Gasteiger partial charge in [-0.25, -0.2) is 4.57 Å². The molecule has 10 nitrogen and oxygen atoms in total. The van der Waals surface area contributed by atoms with Gasteiger partial charge in [-0.15, -0.1) is 4.98 Å². The fourth-order valence-electron chi connectivity index (χ4n) is 3.97. The highest BCUT2D eigenvalue weighted by Gasteiger charge is 2.28. The van der Waals surface area contributed by atoms with Crippen molar-refractivity contribution in [3.05, 3.63) is 35.0 Å². The molecular formula is C22H33N9O+2. The number of quaternary nitrogens is 1. The average Bonchev–Trinajstić information content (AvgIpc) is 2.75. The number of nitrogens with one attached hydrogen (secondary N) is 3. The average molecular weight is 440 g/mol. The summed E-state index contributed by atoms with van der Waals surface area (Å²) in [4.78, 5) is 16.6. The molecule has 0 aliphatic heterocycles. The Balaban J connectivity index is 1.97. The normalized spacial score (nSPS) is 18.5. The van der Waals surface area contributed by atoms with E-state index in [0.717, 1.165) is 54.4 Å². The maximum Gasteiger partial charge on any atom is 0.347 e. The molecule has 0 bridgehead atoms. The summed E-state index contributed by atoms with van der Waals surface area (Å²) in [6.07, 6.45) is 8.26. The Bertz CT molecular complexity index is 1030. The number of aromatic nitrogens is 2. The molecular weight excluding hydrogens is 406 g/mol. The predicted molar refractivity (Wildman–Crippen MR) is 126 cm³/mol. The number of primary amides is 1. The predicted octanol–water partition coefficient (Wildman–Crippen LogP) is 0.878. The lowest BCUT2D eigenvalue weighted by Gasteiger charge is -2.27. The smallest absolute Gasteiger partial charge is 0.347 e. The zero-order valence-electron chi connectivity index (χ0n) is 18.9. The van der Waals surface area contributed by atoms with E-state index < -0.39 is 5.91 Å². The Hall–Kier alpha value is -3.37. The molecule has 0 radical (unpaired) electrons. The Morgan fingerprint density at radius 1 is 1.31 bits per heavy atom. The molecule has 0 spiro atoms. The van der Waals surface area contributed by atoms with Crippen LogP contribution in [0.1, 0.15) is 47.2 Å². The van der Waals surface area contributed by atoms with Crippen molar-refractivity contribution in [2.45, 2.75) is 51.6 Å². The summed E-state index contributed by atoms with van der Waals surface area (Å²) in [5.41, 5.74) is 17.7. The van der Waals surface area contributed by atoms with Gasteiger partial charge in [-0.1, -0.05) is 17.9 Å². The zero-order valence-corrected chi connectivity index (χ0v) is 18.9. The van der Waals surface area contributed by atoms with Crippen molar-refractivity contribution in [3.63, 3.8) is 0 Å². The molecule has 1 aliphatic carbocycles. The van der Waals surface area contributed by atoms with E-state index in [4.69, 9.17) is 16.9 Å². The first-order valence-electron chi connectivity index (χ1n) is 10.8. The number of rotatable bonds is 8. The number of carbonyl (C=O) groups is 1. The van der Waals surface area contributed by atoms with Gasteiger partial charge in [-0.2, -0.15) is 5.43 Å². The van der Waals surface area contributed by atoms with Gasteiger partial charge in [-0.05, 0) is 38.3 Å². The van der Waals surface area contributed by atoms with E-state index in [2.05, 4.69) is 20.7 Å². The van der Waals surface area contributed by atoms with Gasteiger partial charge in [0.25, 0.3) is 5.91 Å². The minimum atomic E-state index is -0.566. The number of aryl methyl sites for hydroxylation is 2. The monoisotopic (exact) mass is 439 g/mol. The van der Waals surface area contributed by atoms with E-state index in [0.29, 0.717) is 17.3 Å². The Labute approximate surface area is 188 Å². The minimum Gasteiger partial charge on any atom is -0.365 e. The third-order valence-corrected chi connectivity index (χ3v) is 5.86. The van der Waals surface area contributed by atoms with Crippen LogP contribution in [0.2, 0.25) is 0 Å². The van der Waals surface area contributed by atoms with Crippen LogP contribution in [0.4, 0.5) is 23.1 Å². The van der Waals surface area contributed by atoms with E-state index in [-0.39, 0.29) is 12.1 Å². The van der Waals surface area contributed by atoms with Crippen molar-refractivity contribution in [2.24, 2.45) is 23.6 Å². The van der Waals surface area contributed by atoms with Crippen LogP contribution in [0.25, 0.3) is 0 Å². The molecule has 1 saturated carbocycles. The molecule has 10 heteroatoms. The number of hydrogen-bond acceptors (Lipinski definition) is 7. The lowest BCUT2D eigenvalue weighted by atomic mass is 9.91. The van der Waals surface area contributed by atoms with Crippen molar-refractivity contribution in [2.75, 3.05) is 10.6 Å². The number of carbonyl (C=O) groups excluding carboxylic acids is 1. The lowest BCUT2D eigenvalue weighted by molar-refractivity contribution is -0.645. The first kappa shape index (κ1) is 23.3. The first-order valence-corrected chi connectivity index (χ1v) is 10.8. The lowest BCUT2D eigenvalue weighted by Crippen LogP contribution is -2.71. The number of benzene rings is 1. The van der Waals surface area contributed by atoms with Crippen LogP contribution >= 0.6 is 0 Å². The third kappa shape index (κ3) is 5.27. The van der Waals surface area contributed by atoms with Crippen LogP contribution in [0.5, 0.6) is 0 Å². The molecule has 9 N–H and O–H groups in total. The van der Waals surface area contributed by atoms with Gasteiger partial charge in [0.15, 0.2) is 5.69 Å². The van der Waals surface area contributed by atoms with Crippen molar-refractivity contribution in [1.29, 1.82) is 5.41 Å². The molecule has 2 aromatic rings. The van der Waals surface area contributed by atoms with Gasteiger partial charge in [0.1, 0.15) is 18.0 Å². The Morgan fingerprint density at radius 2 is 2.06 bits per heavy atom. The van der Waals surface area contributed by atoms with E-state index in [1.807, 2.05) is 33.0 Å². The van der Waals surface area contributed by atoms with E-state index >= 15 is 0 Å². The largest absolute Gasteiger partial charge is 0.365 e. The number of amides is 1. The van der Waals surface area contributed by atoms with Crippen LogP contribution in [-0.2, 0) is 7.05 Å².